The van der Waals surface area contributed by atoms with Gasteiger partial charge in [-0.1, -0.05) is 27.5 Å². The van der Waals surface area contributed by atoms with Crippen LogP contribution < -0.4 is 0 Å². The van der Waals surface area contributed by atoms with Crippen molar-refractivity contribution >= 4 is 27.5 Å². The molecule has 1 aromatic heterocycles. The molecule has 0 aliphatic rings. The second kappa shape index (κ2) is 3.70. The normalized spacial score (nSPS) is 9.18. The van der Waals surface area contributed by atoms with Crippen molar-refractivity contribution in [3.05, 3.63) is 28.5 Å². The molecule has 0 aliphatic carbocycles. The van der Waals surface area contributed by atoms with Gasteiger partial charge in [0.1, 0.15) is 11.2 Å². The van der Waals surface area contributed by atoms with Crippen LogP contribution in [0.3, 0.4) is 0 Å². The SMILES string of the molecule is N#Cc1c(CBr)ccnc1Cl. The Labute approximate surface area is 77.9 Å². The van der Waals surface area contributed by atoms with Crippen molar-refractivity contribution in [2.75, 3.05) is 0 Å². The van der Waals surface area contributed by atoms with Crippen LogP contribution in [0.1, 0.15) is 11.1 Å². The number of rotatable bonds is 1. The van der Waals surface area contributed by atoms with E-state index >= 15 is 0 Å². The van der Waals surface area contributed by atoms with Crippen LogP contribution in [0.5, 0.6) is 0 Å². The number of nitrogens with zero attached hydrogens (tertiary/aromatic N) is 2. The Morgan fingerprint density at radius 3 is 2.91 bits per heavy atom. The van der Waals surface area contributed by atoms with Crippen LogP contribution in [0, 0.1) is 11.3 Å². The van der Waals surface area contributed by atoms with Crippen LogP contribution in [0.4, 0.5) is 0 Å². The van der Waals surface area contributed by atoms with E-state index in [1.165, 1.54) is 0 Å². The highest BCUT2D eigenvalue weighted by Gasteiger charge is 2.04. The minimum Gasteiger partial charge on any atom is -0.243 e. The number of alkyl halides is 1. The van der Waals surface area contributed by atoms with Gasteiger partial charge in [-0.25, -0.2) is 4.98 Å². The van der Waals surface area contributed by atoms with Crippen molar-refractivity contribution in [1.29, 1.82) is 5.26 Å². The molecule has 0 spiro atoms. The number of aromatic nitrogens is 1. The fourth-order valence-electron chi connectivity index (χ4n) is 0.702. The second-order valence-electron chi connectivity index (χ2n) is 1.88. The van der Waals surface area contributed by atoms with Crippen LogP contribution in [-0.2, 0) is 5.33 Å². The summed E-state index contributed by atoms with van der Waals surface area (Å²) in [7, 11) is 0. The lowest BCUT2D eigenvalue weighted by Gasteiger charge is -1.98. The quantitative estimate of drug-likeness (QED) is 0.550. The lowest BCUT2D eigenvalue weighted by Crippen LogP contribution is -1.88. The molecule has 56 valence electrons. The molecule has 1 heterocycles. The van der Waals surface area contributed by atoms with Crippen molar-refractivity contribution in [2.24, 2.45) is 0 Å². The van der Waals surface area contributed by atoms with Gasteiger partial charge in [0, 0.05) is 11.5 Å². The third kappa shape index (κ3) is 1.70. The Morgan fingerprint density at radius 1 is 1.73 bits per heavy atom. The van der Waals surface area contributed by atoms with E-state index in [2.05, 4.69) is 20.9 Å². The van der Waals surface area contributed by atoms with Gasteiger partial charge in [0.25, 0.3) is 0 Å². The van der Waals surface area contributed by atoms with E-state index in [1.54, 1.807) is 12.3 Å². The topological polar surface area (TPSA) is 36.7 Å². The van der Waals surface area contributed by atoms with E-state index in [9.17, 15) is 0 Å². The molecule has 0 saturated heterocycles. The first kappa shape index (κ1) is 8.51. The van der Waals surface area contributed by atoms with Gasteiger partial charge in [-0.2, -0.15) is 5.26 Å². The van der Waals surface area contributed by atoms with Crippen molar-refractivity contribution in [3.8, 4) is 6.07 Å². The van der Waals surface area contributed by atoms with Crippen molar-refractivity contribution in [2.45, 2.75) is 5.33 Å². The molecule has 0 fully saturated rings. The average Bonchev–Trinajstić information content (AvgIpc) is 2.04. The summed E-state index contributed by atoms with van der Waals surface area (Å²) in [4.78, 5) is 3.78. The smallest absolute Gasteiger partial charge is 0.147 e. The molecule has 0 N–H and O–H groups in total. The first-order valence-corrected chi connectivity index (χ1v) is 4.39. The summed E-state index contributed by atoms with van der Waals surface area (Å²) in [6.07, 6.45) is 1.58. The Morgan fingerprint density at radius 2 is 2.45 bits per heavy atom. The van der Waals surface area contributed by atoms with Gasteiger partial charge < -0.3 is 0 Å². The van der Waals surface area contributed by atoms with Crippen LogP contribution in [0.2, 0.25) is 5.15 Å². The molecule has 1 rings (SSSR count). The molecule has 0 radical (unpaired) electrons. The van der Waals surface area contributed by atoms with Gasteiger partial charge >= 0.3 is 0 Å². The van der Waals surface area contributed by atoms with E-state index in [-0.39, 0.29) is 5.15 Å². The highest BCUT2D eigenvalue weighted by Crippen LogP contribution is 2.17. The number of hydrogen-bond acceptors (Lipinski definition) is 2. The van der Waals surface area contributed by atoms with Crippen LogP contribution in [0.25, 0.3) is 0 Å². The molecular formula is C7H4BrClN2. The predicted molar refractivity (Wildman–Crippen MR) is 46.6 cm³/mol. The summed E-state index contributed by atoms with van der Waals surface area (Å²) in [5, 5.41) is 9.53. The van der Waals surface area contributed by atoms with Crippen molar-refractivity contribution in [1.82, 2.24) is 4.98 Å². The van der Waals surface area contributed by atoms with Gasteiger partial charge in [-0.15, -0.1) is 0 Å². The number of pyridine rings is 1. The Hall–Kier alpha value is -0.590. The van der Waals surface area contributed by atoms with Crippen LogP contribution in [0.15, 0.2) is 12.3 Å². The molecule has 0 atom stereocenters. The molecule has 11 heavy (non-hydrogen) atoms. The Kier molecular flexibility index (Phi) is 2.86. The first-order chi connectivity index (χ1) is 5.29. The zero-order chi connectivity index (χ0) is 8.27. The van der Waals surface area contributed by atoms with Crippen LogP contribution >= 0.6 is 27.5 Å². The second-order valence-corrected chi connectivity index (χ2v) is 2.80. The van der Waals surface area contributed by atoms with E-state index in [0.29, 0.717) is 10.9 Å². The third-order valence-electron chi connectivity index (χ3n) is 1.25. The molecule has 0 aromatic carbocycles. The molecule has 2 nitrogen and oxygen atoms in total. The molecule has 0 amide bonds. The highest BCUT2D eigenvalue weighted by atomic mass is 79.9. The van der Waals surface area contributed by atoms with Gasteiger partial charge in [-0.05, 0) is 11.6 Å². The molecule has 4 heteroatoms. The fraction of sp³-hybridized carbons (Fsp3) is 0.143. The summed E-state index contributed by atoms with van der Waals surface area (Å²) in [5.41, 5.74) is 1.32. The van der Waals surface area contributed by atoms with Crippen molar-refractivity contribution < 1.29 is 0 Å². The lowest BCUT2D eigenvalue weighted by molar-refractivity contribution is 1.25. The maximum Gasteiger partial charge on any atom is 0.147 e. The Bertz CT molecular complexity index is 306. The zero-order valence-corrected chi connectivity index (χ0v) is 7.85. The largest absolute Gasteiger partial charge is 0.243 e. The summed E-state index contributed by atoms with van der Waals surface area (Å²) in [5.74, 6) is 0. The standard InChI is InChI=1S/C7H4BrClN2/c8-3-5-1-2-11-7(9)6(5)4-10/h1-2H,3H2. The summed E-state index contributed by atoms with van der Waals surface area (Å²) >= 11 is 8.90. The number of halogens is 2. The minimum atomic E-state index is 0.268. The van der Waals surface area contributed by atoms with E-state index in [4.69, 9.17) is 16.9 Å². The van der Waals surface area contributed by atoms with Crippen molar-refractivity contribution in [3.63, 3.8) is 0 Å². The monoisotopic (exact) mass is 230 g/mol. The number of nitriles is 1. The summed E-state index contributed by atoms with van der Waals surface area (Å²) < 4.78 is 0. The zero-order valence-electron chi connectivity index (χ0n) is 5.51. The number of hydrogen-bond donors (Lipinski definition) is 0. The van der Waals surface area contributed by atoms with Gasteiger partial charge in [0.05, 0.1) is 5.56 Å². The van der Waals surface area contributed by atoms with Gasteiger partial charge in [0.15, 0.2) is 0 Å². The fourth-order valence-corrected chi connectivity index (χ4v) is 1.39. The molecule has 0 unspecified atom stereocenters. The van der Waals surface area contributed by atoms with E-state index in [0.717, 1.165) is 5.56 Å². The van der Waals surface area contributed by atoms with E-state index < -0.39 is 0 Å². The molecule has 0 saturated carbocycles. The molecular weight excluding hydrogens is 227 g/mol. The van der Waals surface area contributed by atoms with Crippen LogP contribution in [-0.4, -0.2) is 4.98 Å². The van der Waals surface area contributed by atoms with Gasteiger partial charge in [0.2, 0.25) is 0 Å². The molecule has 1 aromatic rings. The maximum atomic E-state index is 8.64. The Balaban J connectivity index is 3.27. The van der Waals surface area contributed by atoms with Gasteiger partial charge in [-0.3, -0.25) is 0 Å². The van der Waals surface area contributed by atoms with E-state index in [1.807, 2.05) is 6.07 Å². The summed E-state index contributed by atoms with van der Waals surface area (Å²) in [6, 6.07) is 3.75. The average molecular weight is 231 g/mol. The molecule has 0 bridgehead atoms. The lowest BCUT2D eigenvalue weighted by atomic mass is 10.2. The molecule has 0 aliphatic heterocycles. The first-order valence-electron chi connectivity index (χ1n) is 2.89. The predicted octanol–water partition coefficient (Wildman–Crippen LogP) is 2.50. The highest BCUT2D eigenvalue weighted by molar-refractivity contribution is 9.08. The third-order valence-corrected chi connectivity index (χ3v) is 2.14. The summed E-state index contributed by atoms with van der Waals surface area (Å²) in [6.45, 7) is 0. The maximum absolute atomic E-state index is 8.64. The minimum absolute atomic E-state index is 0.268.